The van der Waals surface area contributed by atoms with Crippen LogP contribution in [0.3, 0.4) is 0 Å². The van der Waals surface area contributed by atoms with E-state index >= 15 is 0 Å². The SMILES string of the molecule is Cc1c(F)ccc(NC(=O)c2cc(NC(=O)C3C(c4cc(Cl)cc(Cl)c4)C3(Cl)Cl)ccc2Cl)c1C. The van der Waals surface area contributed by atoms with Crippen molar-refractivity contribution in [3.63, 3.8) is 0 Å². The van der Waals surface area contributed by atoms with Crippen LogP contribution in [0.4, 0.5) is 15.8 Å². The zero-order valence-corrected chi connectivity index (χ0v) is 22.1. The molecule has 0 aromatic heterocycles. The van der Waals surface area contributed by atoms with Crippen LogP contribution >= 0.6 is 58.0 Å². The van der Waals surface area contributed by atoms with E-state index in [1.54, 1.807) is 38.1 Å². The molecule has 0 spiro atoms. The molecule has 1 aliphatic carbocycles. The highest BCUT2D eigenvalue weighted by Gasteiger charge is 2.67. The number of halogens is 6. The highest BCUT2D eigenvalue weighted by molar-refractivity contribution is 6.53. The van der Waals surface area contributed by atoms with Gasteiger partial charge in [0.2, 0.25) is 5.91 Å². The smallest absolute Gasteiger partial charge is 0.257 e. The number of carbonyl (C=O) groups excluding carboxylic acids is 2. The number of amides is 2. The maximum absolute atomic E-state index is 13.8. The van der Waals surface area contributed by atoms with Crippen molar-refractivity contribution in [2.75, 3.05) is 10.6 Å². The molecule has 35 heavy (non-hydrogen) atoms. The molecule has 0 aliphatic heterocycles. The Morgan fingerprint density at radius 1 is 0.886 bits per heavy atom. The largest absolute Gasteiger partial charge is 0.326 e. The van der Waals surface area contributed by atoms with Gasteiger partial charge in [-0.2, -0.15) is 0 Å². The van der Waals surface area contributed by atoms with Crippen LogP contribution in [-0.2, 0) is 4.79 Å². The third-order valence-corrected chi connectivity index (χ3v) is 7.73. The topological polar surface area (TPSA) is 58.2 Å². The first kappa shape index (κ1) is 26.1. The van der Waals surface area contributed by atoms with Gasteiger partial charge >= 0.3 is 0 Å². The Hall–Kier alpha value is -2.02. The Balaban J connectivity index is 1.52. The van der Waals surface area contributed by atoms with Crippen molar-refractivity contribution in [1.82, 2.24) is 0 Å². The van der Waals surface area contributed by atoms with Gasteiger partial charge in [0.1, 0.15) is 10.2 Å². The van der Waals surface area contributed by atoms with Crippen LogP contribution in [-0.4, -0.2) is 16.1 Å². The van der Waals surface area contributed by atoms with Crippen molar-refractivity contribution in [3.8, 4) is 0 Å². The van der Waals surface area contributed by atoms with E-state index < -0.39 is 28.0 Å². The Labute approximate surface area is 226 Å². The highest BCUT2D eigenvalue weighted by atomic mass is 35.5. The van der Waals surface area contributed by atoms with E-state index in [1.807, 2.05) is 0 Å². The molecule has 1 saturated carbocycles. The second kappa shape index (κ2) is 9.79. The quantitative estimate of drug-likeness (QED) is 0.302. The van der Waals surface area contributed by atoms with Gasteiger partial charge in [0.25, 0.3) is 5.91 Å². The van der Waals surface area contributed by atoms with Crippen molar-refractivity contribution in [3.05, 3.63) is 91.7 Å². The summed E-state index contributed by atoms with van der Waals surface area (Å²) in [6.07, 6.45) is 0. The monoisotopic (exact) mass is 572 g/mol. The van der Waals surface area contributed by atoms with Crippen LogP contribution in [0.2, 0.25) is 15.1 Å². The normalized spacial score (nSPS) is 18.2. The van der Waals surface area contributed by atoms with E-state index in [2.05, 4.69) is 10.6 Å². The lowest BCUT2D eigenvalue weighted by atomic mass is 10.1. The highest BCUT2D eigenvalue weighted by Crippen LogP contribution is 2.65. The number of carbonyl (C=O) groups is 2. The van der Waals surface area contributed by atoms with Crippen LogP contribution in [0.25, 0.3) is 0 Å². The van der Waals surface area contributed by atoms with Gasteiger partial charge in [-0.1, -0.05) is 34.8 Å². The molecule has 3 aromatic rings. The molecule has 4 rings (SSSR count). The van der Waals surface area contributed by atoms with Gasteiger partial charge in [0.05, 0.1) is 16.5 Å². The average molecular weight is 575 g/mol. The molecule has 2 atom stereocenters. The van der Waals surface area contributed by atoms with Crippen LogP contribution in [0, 0.1) is 25.6 Å². The minimum absolute atomic E-state index is 0.128. The van der Waals surface area contributed by atoms with Crippen molar-refractivity contribution < 1.29 is 14.0 Å². The first-order valence-electron chi connectivity index (χ1n) is 10.4. The first-order valence-corrected chi connectivity index (χ1v) is 12.3. The summed E-state index contributed by atoms with van der Waals surface area (Å²) in [6, 6.07) is 12.1. The summed E-state index contributed by atoms with van der Waals surface area (Å²) >= 11 is 31.2. The van der Waals surface area contributed by atoms with E-state index in [4.69, 9.17) is 58.0 Å². The maximum atomic E-state index is 13.8. The van der Waals surface area contributed by atoms with E-state index in [9.17, 15) is 14.0 Å². The zero-order chi connectivity index (χ0) is 25.7. The molecule has 182 valence electrons. The predicted octanol–water partition coefficient (Wildman–Crippen LogP) is 8.18. The average Bonchev–Trinajstić information content (AvgIpc) is 3.36. The van der Waals surface area contributed by atoms with Gasteiger partial charge in [-0.3, -0.25) is 9.59 Å². The van der Waals surface area contributed by atoms with Crippen molar-refractivity contribution in [1.29, 1.82) is 0 Å². The predicted molar refractivity (Wildman–Crippen MR) is 141 cm³/mol. The second-order valence-electron chi connectivity index (χ2n) is 8.32. The minimum Gasteiger partial charge on any atom is -0.326 e. The van der Waals surface area contributed by atoms with Crippen molar-refractivity contribution in [2.24, 2.45) is 5.92 Å². The summed E-state index contributed by atoms with van der Waals surface area (Å²) in [5.41, 5.74) is 2.59. The van der Waals surface area contributed by atoms with Crippen molar-refractivity contribution >= 4 is 81.2 Å². The molecule has 4 nitrogen and oxygen atoms in total. The molecule has 0 saturated heterocycles. The number of rotatable bonds is 5. The molecule has 10 heteroatoms. The Kier molecular flexibility index (Phi) is 7.29. The lowest BCUT2D eigenvalue weighted by molar-refractivity contribution is -0.117. The molecule has 1 fully saturated rings. The van der Waals surface area contributed by atoms with Crippen LogP contribution < -0.4 is 10.6 Å². The zero-order valence-electron chi connectivity index (χ0n) is 18.4. The third-order valence-electron chi connectivity index (χ3n) is 6.03. The minimum atomic E-state index is -1.34. The number of anilines is 2. The molecule has 2 unspecified atom stereocenters. The number of alkyl halides is 2. The fourth-order valence-electron chi connectivity index (χ4n) is 3.93. The van der Waals surface area contributed by atoms with Crippen LogP contribution in [0.15, 0.2) is 48.5 Å². The number of nitrogens with one attached hydrogen (secondary N) is 2. The van der Waals surface area contributed by atoms with Gasteiger partial charge < -0.3 is 10.6 Å². The second-order valence-corrected chi connectivity index (χ2v) is 11.0. The van der Waals surface area contributed by atoms with Gasteiger partial charge in [0.15, 0.2) is 0 Å². The van der Waals surface area contributed by atoms with Gasteiger partial charge in [-0.15, -0.1) is 23.2 Å². The Morgan fingerprint density at radius 3 is 2.20 bits per heavy atom. The van der Waals surface area contributed by atoms with E-state index in [0.717, 1.165) is 0 Å². The molecule has 3 aromatic carbocycles. The van der Waals surface area contributed by atoms with E-state index in [1.165, 1.54) is 24.3 Å². The first-order chi connectivity index (χ1) is 16.4. The van der Waals surface area contributed by atoms with E-state index in [-0.39, 0.29) is 16.4 Å². The molecule has 0 radical (unpaired) electrons. The Bertz CT molecular complexity index is 1340. The molecular weight excluding hydrogens is 557 g/mol. The standard InChI is InChI=1S/C25H18Cl5FN2O2/c1-11-12(2)20(6-5-19(11)31)33-23(34)17-10-16(3-4-18(17)28)32-24(35)22-21(25(22,29)30)13-7-14(26)9-15(27)8-13/h3-10,21-22H,1-2H3,(H,32,35)(H,33,34). The number of benzene rings is 3. The lowest BCUT2D eigenvalue weighted by Crippen LogP contribution is -2.18. The number of hydrogen-bond donors (Lipinski definition) is 2. The molecule has 0 heterocycles. The summed E-state index contributed by atoms with van der Waals surface area (Å²) in [7, 11) is 0. The fraction of sp³-hybridized carbons (Fsp3) is 0.200. The van der Waals surface area contributed by atoms with Crippen LogP contribution in [0.1, 0.15) is 33.0 Å². The summed E-state index contributed by atoms with van der Waals surface area (Å²) in [5.74, 6) is -2.59. The summed E-state index contributed by atoms with van der Waals surface area (Å²) in [4.78, 5) is 25.9. The number of hydrogen-bond acceptors (Lipinski definition) is 2. The van der Waals surface area contributed by atoms with Crippen LogP contribution in [0.5, 0.6) is 0 Å². The Morgan fingerprint density at radius 2 is 1.54 bits per heavy atom. The summed E-state index contributed by atoms with van der Waals surface area (Å²) < 4.78 is 12.4. The molecule has 2 amide bonds. The van der Waals surface area contributed by atoms with Gasteiger partial charge in [-0.05, 0) is 79.1 Å². The third kappa shape index (κ3) is 5.25. The molecule has 0 bridgehead atoms. The van der Waals surface area contributed by atoms with Crippen molar-refractivity contribution in [2.45, 2.75) is 24.1 Å². The molecular formula is C25H18Cl5FN2O2. The summed E-state index contributed by atoms with van der Waals surface area (Å²) in [5, 5.41) is 6.46. The van der Waals surface area contributed by atoms with Gasteiger partial charge in [0, 0.05) is 27.3 Å². The fourth-order valence-corrected chi connectivity index (χ4v) is 5.51. The van der Waals surface area contributed by atoms with Gasteiger partial charge in [-0.25, -0.2) is 4.39 Å². The maximum Gasteiger partial charge on any atom is 0.257 e. The molecule has 1 aliphatic rings. The molecule has 2 N–H and O–H groups in total. The van der Waals surface area contributed by atoms with E-state index in [0.29, 0.717) is 38.1 Å². The lowest BCUT2D eigenvalue weighted by Gasteiger charge is -2.13. The summed E-state index contributed by atoms with van der Waals surface area (Å²) in [6.45, 7) is 3.33.